The molecule has 0 aromatic heterocycles. The van der Waals surface area contributed by atoms with Gasteiger partial charge in [0.25, 0.3) is 0 Å². The molecule has 0 aliphatic carbocycles. The van der Waals surface area contributed by atoms with E-state index in [9.17, 15) is 9.59 Å². The number of hydrogen-bond donors (Lipinski definition) is 1. The van der Waals surface area contributed by atoms with Gasteiger partial charge in [0, 0.05) is 23.1 Å². The first-order chi connectivity index (χ1) is 12.9. The molecule has 142 valence electrons. The molecule has 0 heterocycles. The third-order valence-corrected chi connectivity index (χ3v) is 4.63. The SMILES string of the molecule is C=CCNC(=O)C(C)N(Cc1ccc(Cl)cc1)C(=O)Cc1ccc(Cl)cc1. The van der Waals surface area contributed by atoms with Gasteiger partial charge in [-0.1, -0.05) is 53.5 Å². The Morgan fingerprint density at radius 3 is 2.07 bits per heavy atom. The van der Waals surface area contributed by atoms with Crippen molar-refractivity contribution in [1.82, 2.24) is 10.2 Å². The van der Waals surface area contributed by atoms with Gasteiger partial charge in [-0.25, -0.2) is 0 Å². The van der Waals surface area contributed by atoms with Gasteiger partial charge in [-0.05, 0) is 42.3 Å². The van der Waals surface area contributed by atoms with Gasteiger partial charge in [0.1, 0.15) is 6.04 Å². The van der Waals surface area contributed by atoms with Gasteiger partial charge in [0.2, 0.25) is 11.8 Å². The number of carbonyl (C=O) groups excluding carboxylic acids is 2. The molecule has 0 saturated carbocycles. The first kappa shape index (κ1) is 21.0. The normalized spacial score (nSPS) is 11.5. The fourth-order valence-corrected chi connectivity index (χ4v) is 2.82. The second-order valence-corrected chi connectivity index (χ2v) is 7.03. The van der Waals surface area contributed by atoms with Gasteiger partial charge < -0.3 is 10.2 Å². The lowest BCUT2D eigenvalue weighted by Gasteiger charge is -2.29. The maximum atomic E-state index is 13.0. The molecular formula is C21H22Cl2N2O2. The first-order valence-corrected chi connectivity index (χ1v) is 9.33. The summed E-state index contributed by atoms with van der Waals surface area (Å²) >= 11 is 11.8. The molecule has 1 unspecified atom stereocenters. The van der Waals surface area contributed by atoms with Gasteiger partial charge in [-0.2, -0.15) is 0 Å². The van der Waals surface area contributed by atoms with E-state index < -0.39 is 6.04 Å². The van der Waals surface area contributed by atoms with Crippen LogP contribution >= 0.6 is 23.2 Å². The van der Waals surface area contributed by atoms with Crippen LogP contribution in [0.2, 0.25) is 10.0 Å². The van der Waals surface area contributed by atoms with E-state index in [1.54, 1.807) is 42.2 Å². The van der Waals surface area contributed by atoms with Crippen LogP contribution < -0.4 is 5.32 Å². The molecule has 0 aliphatic rings. The van der Waals surface area contributed by atoms with Crippen LogP contribution in [0.1, 0.15) is 18.1 Å². The Balaban J connectivity index is 2.19. The maximum absolute atomic E-state index is 13.0. The van der Waals surface area contributed by atoms with Crippen LogP contribution in [0.4, 0.5) is 0 Å². The van der Waals surface area contributed by atoms with Crippen molar-refractivity contribution in [3.8, 4) is 0 Å². The summed E-state index contributed by atoms with van der Waals surface area (Å²) in [6.45, 7) is 5.97. The van der Waals surface area contributed by atoms with Crippen molar-refractivity contribution in [1.29, 1.82) is 0 Å². The van der Waals surface area contributed by atoms with Crippen molar-refractivity contribution < 1.29 is 9.59 Å². The quantitative estimate of drug-likeness (QED) is 0.668. The second kappa shape index (κ2) is 10.1. The Bertz CT molecular complexity index is 789. The molecule has 27 heavy (non-hydrogen) atoms. The Morgan fingerprint density at radius 2 is 1.56 bits per heavy atom. The summed E-state index contributed by atoms with van der Waals surface area (Å²) in [5.41, 5.74) is 1.73. The molecule has 0 fully saturated rings. The summed E-state index contributed by atoms with van der Waals surface area (Å²) in [5.74, 6) is -0.373. The minimum atomic E-state index is -0.625. The summed E-state index contributed by atoms with van der Waals surface area (Å²) in [6, 6.07) is 13.7. The fourth-order valence-electron chi connectivity index (χ4n) is 2.57. The molecule has 0 radical (unpaired) electrons. The minimum absolute atomic E-state index is 0.145. The number of nitrogens with one attached hydrogen (secondary N) is 1. The van der Waals surface area contributed by atoms with Crippen LogP contribution in [0, 0.1) is 0 Å². The molecule has 1 N–H and O–H groups in total. The summed E-state index contributed by atoms with van der Waals surface area (Å²) in [6.07, 6.45) is 1.79. The molecule has 2 rings (SSSR count). The van der Waals surface area contributed by atoms with E-state index in [-0.39, 0.29) is 18.2 Å². The smallest absolute Gasteiger partial charge is 0.242 e. The number of rotatable bonds is 8. The topological polar surface area (TPSA) is 49.4 Å². The fraction of sp³-hybridized carbons (Fsp3) is 0.238. The highest BCUT2D eigenvalue weighted by molar-refractivity contribution is 6.30. The Kier molecular flexibility index (Phi) is 7.89. The standard InChI is InChI=1S/C21H22Cl2N2O2/c1-3-12-24-21(27)15(2)25(14-17-6-10-19(23)11-7-17)20(26)13-16-4-8-18(22)9-5-16/h3-11,15H,1,12-14H2,2H3,(H,24,27). The zero-order chi connectivity index (χ0) is 19.8. The van der Waals surface area contributed by atoms with Gasteiger partial charge >= 0.3 is 0 Å². The van der Waals surface area contributed by atoms with Crippen molar-refractivity contribution in [3.05, 3.63) is 82.4 Å². The lowest BCUT2D eigenvalue weighted by atomic mass is 10.1. The number of benzene rings is 2. The average molecular weight is 405 g/mol. The number of hydrogen-bond acceptors (Lipinski definition) is 2. The van der Waals surface area contributed by atoms with E-state index in [1.807, 2.05) is 24.3 Å². The highest BCUT2D eigenvalue weighted by atomic mass is 35.5. The zero-order valence-electron chi connectivity index (χ0n) is 15.1. The minimum Gasteiger partial charge on any atom is -0.351 e. The number of nitrogens with zero attached hydrogens (tertiary/aromatic N) is 1. The molecule has 2 aromatic rings. The van der Waals surface area contributed by atoms with E-state index in [0.29, 0.717) is 23.1 Å². The molecule has 1 atom stereocenters. The van der Waals surface area contributed by atoms with Crippen molar-refractivity contribution in [2.75, 3.05) is 6.54 Å². The molecule has 4 nitrogen and oxygen atoms in total. The van der Waals surface area contributed by atoms with Gasteiger partial charge in [-0.15, -0.1) is 6.58 Å². The third kappa shape index (κ3) is 6.42. The monoisotopic (exact) mass is 404 g/mol. The summed E-state index contributed by atoms with van der Waals surface area (Å²) in [5, 5.41) is 3.98. The zero-order valence-corrected chi connectivity index (χ0v) is 16.6. The predicted octanol–water partition coefficient (Wildman–Crippen LogP) is 4.26. The van der Waals surface area contributed by atoms with Gasteiger partial charge in [0.15, 0.2) is 0 Å². The Labute approximate surface area is 169 Å². The molecule has 2 aromatic carbocycles. The Morgan fingerprint density at radius 1 is 1.04 bits per heavy atom. The van der Waals surface area contributed by atoms with Crippen LogP contribution in [-0.2, 0) is 22.6 Å². The van der Waals surface area contributed by atoms with Gasteiger partial charge in [0.05, 0.1) is 6.42 Å². The van der Waals surface area contributed by atoms with Crippen LogP contribution in [0.25, 0.3) is 0 Å². The molecule has 2 amide bonds. The highest BCUT2D eigenvalue weighted by Gasteiger charge is 2.25. The van der Waals surface area contributed by atoms with Crippen LogP contribution in [-0.4, -0.2) is 29.3 Å². The summed E-state index contributed by atoms with van der Waals surface area (Å²) in [7, 11) is 0. The summed E-state index contributed by atoms with van der Waals surface area (Å²) < 4.78 is 0. The van der Waals surface area contributed by atoms with E-state index in [2.05, 4.69) is 11.9 Å². The average Bonchev–Trinajstić information content (AvgIpc) is 2.66. The number of amides is 2. The largest absolute Gasteiger partial charge is 0.351 e. The number of halogens is 2. The summed E-state index contributed by atoms with van der Waals surface area (Å²) in [4.78, 5) is 26.9. The lowest BCUT2D eigenvalue weighted by molar-refractivity contribution is -0.140. The molecule has 0 aliphatic heterocycles. The maximum Gasteiger partial charge on any atom is 0.242 e. The van der Waals surface area contributed by atoms with E-state index >= 15 is 0 Å². The molecule has 0 saturated heterocycles. The van der Waals surface area contributed by atoms with E-state index in [1.165, 1.54) is 0 Å². The first-order valence-electron chi connectivity index (χ1n) is 8.57. The number of carbonyl (C=O) groups is 2. The van der Waals surface area contributed by atoms with E-state index in [0.717, 1.165) is 11.1 Å². The molecule has 0 bridgehead atoms. The highest BCUT2D eigenvalue weighted by Crippen LogP contribution is 2.16. The van der Waals surface area contributed by atoms with E-state index in [4.69, 9.17) is 23.2 Å². The van der Waals surface area contributed by atoms with Crippen molar-refractivity contribution in [2.45, 2.75) is 25.9 Å². The van der Waals surface area contributed by atoms with Gasteiger partial charge in [-0.3, -0.25) is 9.59 Å². The molecule has 6 heteroatoms. The predicted molar refractivity (Wildman–Crippen MR) is 110 cm³/mol. The second-order valence-electron chi connectivity index (χ2n) is 6.16. The van der Waals surface area contributed by atoms with Crippen molar-refractivity contribution in [3.63, 3.8) is 0 Å². The van der Waals surface area contributed by atoms with Crippen molar-refractivity contribution in [2.24, 2.45) is 0 Å². The Hall–Kier alpha value is -2.30. The van der Waals surface area contributed by atoms with Crippen LogP contribution in [0.5, 0.6) is 0 Å². The molecular weight excluding hydrogens is 383 g/mol. The third-order valence-electron chi connectivity index (χ3n) is 4.12. The molecule has 0 spiro atoms. The van der Waals surface area contributed by atoms with Crippen LogP contribution in [0.3, 0.4) is 0 Å². The lowest BCUT2D eigenvalue weighted by Crippen LogP contribution is -2.48. The van der Waals surface area contributed by atoms with Crippen molar-refractivity contribution >= 4 is 35.0 Å². The van der Waals surface area contributed by atoms with Crippen LogP contribution in [0.15, 0.2) is 61.2 Å².